The second-order valence-electron chi connectivity index (χ2n) is 6.76. The van der Waals surface area contributed by atoms with E-state index in [1.165, 1.54) is 0 Å². The summed E-state index contributed by atoms with van der Waals surface area (Å²) >= 11 is 0. The average molecular weight is 401 g/mol. The molecule has 0 saturated carbocycles. The van der Waals surface area contributed by atoms with Gasteiger partial charge in [0, 0.05) is 5.69 Å². The van der Waals surface area contributed by atoms with Crippen molar-refractivity contribution >= 4 is 32.2 Å². The number of amides is 1. The highest BCUT2D eigenvalue weighted by Gasteiger charge is 2.20. The summed E-state index contributed by atoms with van der Waals surface area (Å²) in [6, 6.07) is 29.6. The predicted octanol–water partition coefficient (Wildman–Crippen LogP) is 4.92. The highest BCUT2D eigenvalue weighted by molar-refractivity contribution is 7.92. The van der Waals surface area contributed by atoms with Crippen LogP contribution in [0, 0.1) is 0 Å². The Morgan fingerprint density at radius 1 is 0.690 bits per heavy atom. The Hall–Kier alpha value is -3.44. The molecule has 1 N–H and O–H groups in total. The van der Waals surface area contributed by atoms with Crippen LogP contribution in [-0.2, 0) is 14.6 Å². The molecule has 29 heavy (non-hydrogen) atoms. The number of nitrogens with one attached hydrogen (secondary N) is 1. The molecule has 1 amide bonds. The lowest BCUT2D eigenvalue weighted by molar-refractivity contribution is -0.113. The number of anilines is 1. The molecule has 0 aliphatic heterocycles. The number of fused-ring (bicyclic) bond motifs is 1. The van der Waals surface area contributed by atoms with E-state index in [1.54, 1.807) is 30.3 Å². The van der Waals surface area contributed by atoms with Crippen LogP contribution in [-0.4, -0.2) is 20.1 Å². The van der Waals surface area contributed by atoms with Crippen molar-refractivity contribution in [1.82, 2.24) is 0 Å². The molecule has 144 valence electrons. The second kappa shape index (κ2) is 7.89. The molecule has 0 spiro atoms. The van der Waals surface area contributed by atoms with Crippen LogP contribution in [0.15, 0.2) is 102 Å². The van der Waals surface area contributed by atoms with E-state index in [9.17, 15) is 13.2 Å². The summed E-state index contributed by atoms with van der Waals surface area (Å²) in [4.78, 5) is 12.5. The molecule has 0 fully saturated rings. The molecule has 0 aliphatic rings. The molecule has 0 bridgehead atoms. The Kier molecular flexibility index (Phi) is 5.14. The largest absolute Gasteiger partial charge is 0.325 e. The van der Waals surface area contributed by atoms with Crippen LogP contribution in [0.3, 0.4) is 0 Å². The van der Waals surface area contributed by atoms with E-state index in [0.717, 1.165) is 21.9 Å². The first kappa shape index (κ1) is 18.9. The van der Waals surface area contributed by atoms with E-state index < -0.39 is 21.5 Å². The monoisotopic (exact) mass is 401 g/mol. The molecule has 0 unspecified atom stereocenters. The molecule has 0 radical (unpaired) electrons. The lowest BCUT2D eigenvalue weighted by atomic mass is 10.1. The van der Waals surface area contributed by atoms with Gasteiger partial charge >= 0.3 is 0 Å². The van der Waals surface area contributed by atoms with E-state index in [4.69, 9.17) is 0 Å². The molecule has 4 aromatic carbocycles. The van der Waals surface area contributed by atoms with Crippen LogP contribution >= 0.6 is 0 Å². The van der Waals surface area contributed by atoms with E-state index in [0.29, 0.717) is 5.69 Å². The first-order valence-corrected chi connectivity index (χ1v) is 10.8. The quantitative estimate of drug-likeness (QED) is 0.516. The minimum Gasteiger partial charge on any atom is -0.325 e. The van der Waals surface area contributed by atoms with Gasteiger partial charge in [0.25, 0.3) is 0 Å². The standard InChI is InChI=1S/C24H19NO3S/c26-24(25-22-13-10-20(11-14-22)18-6-2-1-3-7-18)17-29(27,28)23-15-12-19-8-4-5-9-21(19)16-23/h1-16H,17H2,(H,25,26). The van der Waals surface area contributed by atoms with Crippen LogP contribution in [0.4, 0.5) is 5.69 Å². The van der Waals surface area contributed by atoms with Crippen molar-refractivity contribution in [3.05, 3.63) is 97.1 Å². The molecule has 0 aliphatic carbocycles. The smallest absolute Gasteiger partial charge is 0.239 e. The number of hydrogen-bond acceptors (Lipinski definition) is 3. The number of carbonyl (C=O) groups is 1. The third-order valence-electron chi connectivity index (χ3n) is 4.68. The van der Waals surface area contributed by atoms with Crippen molar-refractivity contribution in [3.8, 4) is 11.1 Å². The van der Waals surface area contributed by atoms with Crippen LogP contribution in [0.25, 0.3) is 21.9 Å². The molecule has 0 atom stereocenters. The third kappa shape index (κ3) is 4.36. The van der Waals surface area contributed by atoms with Crippen molar-refractivity contribution in [2.45, 2.75) is 4.90 Å². The van der Waals surface area contributed by atoms with Gasteiger partial charge in [-0.05, 0) is 46.2 Å². The van der Waals surface area contributed by atoms with Gasteiger partial charge < -0.3 is 5.32 Å². The van der Waals surface area contributed by atoms with Gasteiger partial charge in [-0.2, -0.15) is 0 Å². The van der Waals surface area contributed by atoms with Gasteiger partial charge in [0.2, 0.25) is 5.91 Å². The molecular formula is C24H19NO3S. The predicted molar refractivity (Wildman–Crippen MR) is 117 cm³/mol. The summed E-state index contributed by atoms with van der Waals surface area (Å²) in [5, 5.41) is 4.44. The Balaban J connectivity index is 1.47. The number of hydrogen-bond donors (Lipinski definition) is 1. The summed E-state index contributed by atoms with van der Waals surface area (Å²) in [7, 11) is -3.73. The Labute approximate surface area is 169 Å². The van der Waals surface area contributed by atoms with Gasteiger partial charge in [0.1, 0.15) is 5.75 Å². The zero-order valence-electron chi connectivity index (χ0n) is 15.6. The normalized spacial score (nSPS) is 11.3. The highest BCUT2D eigenvalue weighted by atomic mass is 32.2. The van der Waals surface area contributed by atoms with Crippen molar-refractivity contribution in [2.24, 2.45) is 0 Å². The fourth-order valence-electron chi connectivity index (χ4n) is 3.19. The molecule has 4 nitrogen and oxygen atoms in total. The molecule has 0 aromatic heterocycles. The summed E-state index contributed by atoms with van der Waals surface area (Å²) in [6.07, 6.45) is 0. The molecule has 0 heterocycles. The van der Waals surface area contributed by atoms with Crippen LogP contribution in [0.1, 0.15) is 0 Å². The number of rotatable bonds is 5. The molecule has 4 rings (SSSR count). The van der Waals surface area contributed by atoms with Crippen LogP contribution < -0.4 is 5.32 Å². The third-order valence-corrected chi connectivity index (χ3v) is 6.29. The summed E-state index contributed by atoms with van der Waals surface area (Å²) in [6.45, 7) is 0. The van der Waals surface area contributed by atoms with Gasteiger partial charge in [-0.3, -0.25) is 4.79 Å². The number of carbonyl (C=O) groups excluding carboxylic acids is 1. The van der Waals surface area contributed by atoms with Gasteiger partial charge in [-0.25, -0.2) is 8.42 Å². The minimum atomic E-state index is -3.73. The summed E-state index contributed by atoms with van der Waals surface area (Å²) in [5.74, 6) is -1.17. The van der Waals surface area contributed by atoms with Gasteiger partial charge in [0.05, 0.1) is 4.90 Å². The SMILES string of the molecule is O=C(CS(=O)(=O)c1ccc2ccccc2c1)Nc1ccc(-c2ccccc2)cc1. The minimum absolute atomic E-state index is 0.144. The van der Waals surface area contributed by atoms with Crippen LogP contribution in [0.2, 0.25) is 0 Å². The van der Waals surface area contributed by atoms with E-state index in [1.807, 2.05) is 66.7 Å². The highest BCUT2D eigenvalue weighted by Crippen LogP contribution is 2.22. The Morgan fingerprint density at radius 3 is 2.03 bits per heavy atom. The van der Waals surface area contributed by atoms with Gasteiger partial charge in [-0.1, -0.05) is 72.8 Å². The van der Waals surface area contributed by atoms with E-state index in [-0.39, 0.29) is 4.90 Å². The lowest BCUT2D eigenvalue weighted by Gasteiger charge is -2.08. The van der Waals surface area contributed by atoms with E-state index in [2.05, 4.69) is 5.32 Å². The first-order valence-electron chi connectivity index (χ1n) is 9.18. The zero-order chi connectivity index (χ0) is 20.3. The molecule has 0 saturated heterocycles. The summed E-state index contributed by atoms with van der Waals surface area (Å²) < 4.78 is 25.3. The average Bonchev–Trinajstić information content (AvgIpc) is 2.74. The summed E-state index contributed by atoms with van der Waals surface area (Å²) in [5.41, 5.74) is 2.65. The van der Waals surface area contributed by atoms with E-state index >= 15 is 0 Å². The van der Waals surface area contributed by atoms with Crippen molar-refractivity contribution < 1.29 is 13.2 Å². The Bertz CT molecular complexity index is 1260. The lowest BCUT2D eigenvalue weighted by Crippen LogP contribution is -2.23. The fourth-order valence-corrected chi connectivity index (χ4v) is 4.36. The molecule has 4 aromatic rings. The maximum atomic E-state index is 12.7. The van der Waals surface area contributed by atoms with Crippen molar-refractivity contribution in [1.29, 1.82) is 0 Å². The van der Waals surface area contributed by atoms with Crippen molar-refractivity contribution in [2.75, 3.05) is 11.1 Å². The second-order valence-corrected chi connectivity index (χ2v) is 8.75. The molecular weight excluding hydrogens is 382 g/mol. The first-order chi connectivity index (χ1) is 14.0. The number of benzene rings is 4. The number of sulfone groups is 1. The zero-order valence-corrected chi connectivity index (χ0v) is 16.4. The van der Waals surface area contributed by atoms with Crippen LogP contribution in [0.5, 0.6) is 0 Å². The van der Waals surface area contributed by atoms with Gasteiger partial charge in [-0.15, -0.1) is 0 Å². The van der Waals surface area contributed by atoms with Gasteiger partial charge in [0.15, 0.2) is 9.84 Å². The maximum absolute atomic E-state index is 12.7. The Morgan fingerprint density at radius 2 is 1.31 bits per heavy atom. The fraction of sp³-hybridized carbons (Fsp3) is 0.0417. The maximum Gasteiger partial charge on any atom is 0.239 e. The topological polar surface area (TPSA) is 63.2 Å². The molecule has 5 heteroatoms. The van der Waals surface area contributed by atoms with Crippen molar-refractivity contribution in [3.63, 3.8) is 0 Å².